The van der Waals surface area contributed by atoms with Crippen molar-refractivity contribution >= 4 is 38.4 Å². The number of halogens is 1. The van der Waals surface area contributed by atoms with Crippen molar-refractivity contribution in [3.8, 4) is 0 Å². The number of rotatable bonds is 2. The number of carbonyl (C=O) groups excluding carboxylic acids is 1. The van der Waals surface area contributed by atoms with E-state index in [0.29, 0.717) is 0 Å². The Bertz CT molecular complexity index is 527. The predicted octanol–water partition coefficient (Wildman–Crippen LogP) is 2.67. The Labute approximate surface area is 102 Å². The molecule has 1 aromatic carbocycles. The number of aromatic nitrogens is 2. The van der Waals surface area contributed by atoms with E-state index in [2.05, 4.69) is 31.4 Å². The number of carbonyl (C=O) groups is 1. The molecule has 16 heavy (non-hydrogen) atoms. The van der Waals surface area contributed by atoms with Crippen LogP contribution in [-0.2, 0) is 4.79 Å². The van der Waals surface area contributed by atoms with Gasteiger partial charge in [-0.15, -0.1) is 0 Å². The van der Waals surface area contributed by atoms with E-state index in [1.54, 1.807) is 20.0 Å². The van der Waals surface area contributed by atoms with Gasteiger partial charge in [0.05, 0.1) is 16.0 Å². The molecule has 0 bridgehead atoms. The Morgan fingerprint density at radius 1 is 1.50 bits per heavy atom. The molecule has 4 nitrogen and oxygen atoms in total. The fourth-order valence-electron chi connectivity index (χ4n) is 1.30. The van der Waals surface area contributed by atoms with Gasteiger partial charge in [-0.2, -0.15) is 5.10 Å². The molecule has 0 spiro atoms. The number of hydrogen-bond donors (Lipinski definition) is 2. The van der Waals surface area contributed by atoms with E-state index in [-0.39, 0.29) is 5.91 Å². The van der Waals surface area contributed by atoms with Crippen LogP contribution in [0.5, 0.6) is 0 Å². The van der Waals surface area contributed by atoms with Crippen LogP contribution < -0.4 is 5.32 Å². The summed E-state index contributed by atoms with van der Waals surface area (Å²) in [7, 11) is 0. The number of benzene rings is 1. The molecule has 0 saturated heterocycles. The fourth-order valence-corrected chi connectivity index (χ4v) is 1.40. The zero-order valence-corrected chi connectivity index (χ0v) is 10.6. The first-order chi connectivity index (χ1) is 7.47. The maximum Gasteiger partial charge on any atom is 0.240 e. The molecule has 2 N–H and O–H groups in total. The predicted molar refractivity (Wildman–Crippen MR) is 67.7 cm³/mol. The van der Waals surface area contributed by atoms with E-state index in [9.17, 15) is 4.79 Å². The van der Waals surface area contributed by atoms with Crippen LogP contribution in [0.15, 0.2) is 24.4 Å². The van der Waals surface area contributed by atoms with E-state index in [4.69, 9.17) is 0 Å². The molecule has 5 heteroatoms. The molecule has 84 valence electrons. The molecule has 2 aromatic rings. The summed E-state index contributed by atoms with van der Waals surface area (Å²) in [4.78, 5) is 11.7. The minimum Gasteiger partial charge on any atom is -0.325 e. The average Bonchev–Trinajstić information content (AvgIpc) is 2.63. The van der Waals surface area contributed by atoms with Crippen LogP contribution in [0.2, 0.25) is 0 Å². The molecule has 1 heterocycles. The lowest BCUT2D eigenvalue weighted by atomic mass is 10.2. The summed E-state index contributed by atoms with van der Waals surface area (Å²) >= 11 is 3.31. The lowest BCUT2D eigenvalue weighted by Gasteiger charge is -2.15. The van der Waals surface area contributed by atoms with Gasteiger partial charge in [0.25, 0.3) is 0 Å². The summed E-state index contributed by atoms with van der Waals surface area (Å²) in [5.74, 6) is -0.0738. The van der Waals surface area contributed by atoms with Crippen LogP contribution >= 0.6 is 15.9 Å². The minimum absolute atomic E-state index is 0.0738. The Morgan fingerprint density at radius 2 is 2.25 bits per heavy atom. The van der Waals surface area contributed by atoms with Gasteiger partial charge in [-0.25, -0.2) is 0 Å². The van der Waals surface area contributed by atoms with Gasteiger partial charge in [0.1, 0.15) is 0 Å². The van der Waals surface area contributed by atoms with Gasteiger partial charge in [-0.05, 0) is 32.0 Å². The molecule has 0 fully saturated rings. The highest BCUT2D eigenvalue weighted by Gasteiger charge is 2.23. The van der Waals surface area contributed by atoms with Gasteiger partial charge < -0.3 is 5.32 Å². The van der Waals surface area contributed by atoms with Crippen LogP contribution in [-0.4, -0.2) is 20.4 Å². The van der Waals surface area contributed by atoms with E-state index < -0.39 is 4.32 Å². The highest BCUT2D eigenvalue weighted by molar-refractivity contribution is 9.10. The number of H-pyrrole nitrogens is 1. The summed E-state index contributed by atoms with van der Waals surface area (Å²) in [6.07, 6.45) is 1.73. The number of hydrogen-bond acceptors (Lipinski definition) is 2. The van der Waals surface area contributed by atoms with Gasteiger partial charge in [-0.3, -0.25) is 9.89 Å². The number of nitrogens with zero attached hydrogens (tertiary/aromatic N) is 1. The monoisotopic (exact) mass is 281 g/mol. The summed E-state index contributed by atoms with van der Waals surface area (Å²) in [6, 6.07) is 5.62. The fraction of sp³-hybridized carbons (Fsp3) is 0.273. The third-order valence-corrected chi connectivity index (χ3v) is 2.60. The molecule has 2 rings (SSSR count). The lowest BCUT2D eigenvalue weighted by Crippen LogP contribution is -2.30. The quantitative estimate of drug-likeness (QED) is 0.832. The second-order valence-corrected chi connectivity index (χ2v) is 6.08. The second kappa shape index (κ2) is 3.90. The average molecular weight is 282 g/mol. The molecule has 0 saturated carbocycles. The SMILES string of the molecule is CC(C)(Br)C(=O)Nc1ccc2[nH]ncc2c1. The first-order valence-electron chi connectivity index (χ1n) is 4.90. The topological polar surface area (TPSA) is 57.8 Å². The Balaban J connectivity index is 2.24. The van der Waals surface area contributed by atoms with Crippen molar-refractivity contribution < 1.29 is 4.79 Å². The first-order valence-corrected chi connectivity index (χ1v) is 5.69. The molecule has 1 aromatic heterocycles. The maximum atomic E-state index is 11.7. The summed E-state index contributed by atoms with van der Waals surface area (Å²) in [5, 5.41) is 10.6. The molecule has 0 aliphatic heterocycles. The minimum atomic E-state index is -0.571. The number of fused-ring (bicyclic) bond motifs is 1. The highest BCUT2D eigenvalue weighted by atomic mass is 79.9. The standard InChI is InChI=1S/C11H12BrN3O/c1-11(2,12)10(16)14-8-3-4-9-7(5-8)6-13-15-9/h3-6H,1-2H3,(H,13,15)(H,14,16). The summed E-state index contributed by atoms with van der Waals surface area (Å²) in [6.45, 7) is 3.61. The smallest absolute Gasteiger partial charge is 0.240 e. The van der Waals surface area contributed by atoms with E-state index in [1.807, 2.05) is 18.2 Å². The third kappa shape index (κ3) is 2.24. The van der Waals surface area contributed by atoms with Crippen LogP contribution in [0.25, 0.3) is 10.9 Å². The third-order valence-electron chi connectivity index (χ3n) is 2.24. The van der Waals surface area contributed by atoms with Crippen molar-refractivity contribution in [2.75, 3.05) is 5.32 Å². The lowest BCUT2D eigenvalue weighted by molar-refractivity contribution is -0.117. The molecule has 0 unspecified atom stereocenters. The Kier molecular flexibility index (Phi) is 2.71. The zero-order valence-electron chi connectivity index (χ0n) is 9.04. The van der Waals surface area contributed by atoms with Crippen LogP contribution in [0.1, 0.15) is 13.8 Å². The van der Waals surface area contributed by atoms with E-state index in [0.717, 1.165) is 16.6 Å². The van der Waals surface area contributed by atoms with Gasteiger partial charge in [0, 0.05) is 11.1 Å². The molecular weight excluding hydrogens is 270 g/mol. The van der Waals surface area contributed by atoms with Crippen LogP contribution in [0, 0.1) is 0 Å². The van der Waals surface area contributed by atoms with Gasteiger partial charge >= 0.3 is 0 Å². The molecule has 0 aliphatic carbocycles. The van der Waals surface area contributed by atoms with Gasteiger partial charge in [0.2, 0.25) is 5.91 Å². The second-order valence-electron chi connectivity index (χ2n) is 4.10. The Hall–Kier alpha value is -1.36. The van der Waals surface area contributed by atoms with E-state index in [1.165, 1.54) is 0 Å². The van der Waals surface area contributed by atoms with Gasteiger partial charge in [0.15, 0.2) is 0 Å². The Morgan fingerprint density at radius 3 is 2.94 bits per heavy atom. The number of aromatic amines is 1. The maximum absolute atomic E-state index is 11.7. The molecule has 0 atom stereocenters. The van der Waals surface area contributed by atoms with Gasteiger partial charge in [-0.1, -0.05) is 15.9 Å². The summed E-state index contributed by atoms with van der Waals surface area (Å²) < 4.78 is -0.571. The number of amides is 1. The van der Waals surface area contributed by atoms with E-state index >= 15 is 0 Å². The highest BCUT2D eigenvalue weighted by Crippen LogP contribution is 2.21. The van der Waals surface area contributed by atoms with Crippen molar-refractivity contribution in [3.05, 3.63) is 24.4 Å². The van der Waals surface area contributed by atoms with Crippen molar-refractivity contribution in [2.45, 2.75) is 18.2 Å². The number of alkyl halides is 1. The van der Waals surface area contributed by atoms with Crippen molar-refractivity contribution in [3.63, 3.8) is 0 Å². The first kappa shape index (κ1) is 11.1. The molecular formula is C11H12BrN3O. The largest absolute Gasteiger partial charge is 0.325 e. The van der Waals surface area contributed by atoms with Crippen LogP contribution in [0.4, 0.5) is 5.69 Å². The van der Waals surface area contributed by atoms with Crippen molar-refractivity contribution in [1.82, 2.24) is 10.2 Å². The van der Waals surface area contributed by atoms with Crippen molar-refractivity contribution in [2.24, 2.45) is 0 Å². The molecule has 0 aliphatic rings. The zero-order chi connectivity index (χ0) is 11.8. The summed E-state index contributed by atoms with van der Waals surface area (Å²) in [5.41, 5.74) is 1.72. The normalized spacial score (nSPS) is 11.7. The molecule has 0 radical (unpaired) electrons. The van der Waals surface area contributed by atoms with Crippen molar-refractivity contribution in [1.29, 1.82) is 0 Å². The number of anilines is 1. The van der Waals surface area contributed by atoms with Crippen LogP contribution in [0.3, 0.4) is 0 Å². The number of nitrogens with one attached hydrogen (secondary N) is 2. The molecule has 1 amide bonds.